The topological polar surface area (TPSA) is 129 Å². The Bertz CT molecular complexity index is 597. The third-order valence-electron chi connectivity index (χ3n) is 3.02. The quantitative estimate of drug-likeness (QED) is 0.478. The summed E-state index contributed by atoms with van der Waals surface area (Å²) in [5.41, 5.74) is 0.0927. The molecule has 22 heavy (non-hydrogen) atoms. The molecular formula is C13H14N4O5. The number of carboxylic acids is 1. The molecule has 2 rings (SSSR count). The molecule has 116 valence electrons. The first-order valence-corrected chi connectivity index (χ1v) is 6.55. The van der Waals surface area contributed by atoms with Crippen LogP contribution in [-0.2, 0) is 4.79 Å². The second-order valence-corrected chi connectivity index (χ2v) is 4.55. The van der Waals surface area contributed by atoms with Gasteiger partial charge in [0.1, 0.15) is 5.69 Å². The van der Waals surface area contributed by atoms with Crippen LogP contribution < -0.4 is 10.6 Å². The molecule has 1 aromatic heterocycles. The largest absolute Gasteiger partial charge is 0.478 e. The molecule has 0 unspecified atom stereocenters. The minimum absolute atomic E-state index is 0.00453. The standard InChI is InChI=1S/C13H14N4O5/c18-10-7-16-13(22)17(10)5-1-4-14-11(19)9-3-2-8(6-15-9)12(20)21/h2-3,6H,1,4-5,7H2,(H,14,19)(H,16,22)(H,20,21). The van der Waals surface area contributed by atoms with E-state index >= 15 is 0 Å². The molecule has 1 aliphatic rings. The first-order chi connectivity index (χ1) is 10.5. The number of aromatic nitrogens is 1. The van der Waals surface area contributed by atoms with Gasteiger partial charge in [0, 0.05) is 19.3 Å². The summed E-state index contributed by atoms with van der Waals surface area (Å²) in [6, 6.07) is 2.18. The lowest BCUT2D eigenvalue weighted by molar-refractivity contribution is -0.125. The van der Waals surface area contributed by atoms with Gasteiger partial charge in [-0.3, -0.25) is 19.5 Å². The van der Waals surface area contributed by atoms with Crippen LogP contribution in [-0.4, -0.2) is 58.4 Å². The van der Waals surface area contributed by atoms with E-state index in [0.29, 0.717) is 6.42 Å². The highest BCUT2D eigenvalue weighted by molar-refractivity contribution is 6.01. The minimum Gasteiger partial charge on any atom is -0.478 e. The fourth-order valence-corrected chi connectivity index (χ4v) is 1.87. The molecule has 9 heteroatoms. The zero-order valence-electron chi connectivity index (χ0n) is 11.5. The molecule has 0 atom stereocenters. The average Bonchev–Trinajstić information content (AvgIpc) is 2.82. The number of amides is 4. The van der Waals surface area contributed by atoms with E-state index in [2.05, 4.69) is 15.6 Å². The molecule has 0 bridgehead atoms. The predicted molar refractivity (Wildman–Crippen MR) is 73.3 cm³/mol. The summed E-state index contributed by atoms with van der Waals surface area (Å²) in [6.45, 7) is 0.486. The molecule has 0 radical (unpaired) electrons. The number of hydrogen-bond acceptors (Lipinski definition) is 5. The van der Waals surface area contributed by atoms with Gasteiger partial charge >= 0.3 is 12.0 Å². The van der Waals surface area contributed by atoms with Gasteiger partial charge < -0.3 is 15.7 Å². The Labute approximate surface area is 125 Å². The van der Waals surface area contributed by atoms with Crippen molar-refractivity contribution in [3.05, 3.63) is 29.6 Å². The number of carboxylic acid groups (broad SMARTS) is 1. The molecule has 0 aliphatic carbocycles. The van der Waals surface area contributed by atoms with Gasteiger partial charge in [0.25, 0.3) is 5.91 Å². The van der Waals surface area contributed by atoms with Crippen LogP contribution >= 0.6 is 0 Å². The lowest BCUT2D eigenvalue weighted by Crippen LogP contribution is -2.34. The summed E-state index contributed by atoms with van der Waals surface area (Å²) in [7, 11) is 0. The monoisotopic (exact) mass is 306 g/mol. The van der Waals surface area contributed by atoms with Gasteiger partial charge in [-0.2, -0.15) is 0 Å². The van der Waals surface area contributed by atoms with Crippen LogP contribution in [0.3, 0.4) is 0 Å². The van der Waals surface area contributed by atoms with Crippen LogP contribution in [0, 0.1) is 0 Å². The summed E-state index contributed by atoms with van der Waals surface area (Å²) in [6.07, 6.45) is 1.52. The minimum atomic E-state index is -1.12. The Hall–Kier alpha value is -2.97. The Kier molecular flexibility index (Phi) is 4.66. The maximum Gasteiger partial charge on any atom is 0.337 e. The lowest BCUT2D eigenvalue weighted by Gasteiger charge is -2.12. The molecule has 1 aromatic rings. The van der Waals surface area contributed by atoms with Crippen LogP contribution in [0.4, 0.5) is 4.79 Å². The van der Waals surface area contributed by atoms with Crippen molar-refractivity contribution in [1.29, 1.82) is 0 Å². The van der Waals surface area contributed by atoms with E-state index in [1.54, 1.807) is 0 Å². The van der Waals surface area contributed by atoms with Crippen LogP contribution in [0.5, 0.6) is 0 Å². The van der Waals surface area contributed by atoms with E-state index in [-0.39, 0.29) is 36.8 Å². The average molecular weight is 306 g/mol. The molecule has 1 fully saturated rings. The number of nitrogens with one attached hydrogen (secondary N) is 2. The zero-order chi connectivity index (χ0) is 16.1. The molecular weight excluding hydrogens is 292 g/mol. The van der Waals surface area contributed by atoms with Crippen molar-refractivity contribution >= 4 is 23.8 Å². The van der Waals surface area contributed by atoms with Crippen molar-refractivity contribution in [2.75, 3.05) is 19.6 Å². The highest BCUT2D eigenvalue weighted by Crippen LogP contribution is 2.02. The van der Waals surface area contributed by atoms with E-state index < -0.39 is 17.9 Å². The second-order valence-electron chi connectivity index (χ2n) is 4.55. The number of aromatic carboxylic acids is 1. The van der Waals surface area contributed by atoms with Gasteiger partial charge in [-0.15, -0.1) is 0 Å². The van der Waals surface area contributed by atoms with E-state index in [0.717, 1.165) is 11.1 Å². The number of urea groups is 1. The van der Waals surface area contributed by atoms with Crippen molar-refractivity contribution < 1.29 is 24.3 Å². The summed E-state index contributed by atoms with van der Waals surface area (Å²) in [5.74, 6) is -1.86. The van der Waals surface area contributed by atoms with Crippen molar-refractivity contribution in [3.8, 4) is 0 Å². The number of pyridine rings is 1. The number of hydrogen-bond donors (Lipinski definition) is 3. The Morgan fingerprint density at radius 1 is 1.36 bits per heavy atom. The number of carbonyl (C=O) groups is 4. The smallest absolute Gasteiger partial charge is 0.337 e. The molecule has 1 aliphatic heterocycles. The fraction of sp³-hybridized carbons (Fsp3) is 0.308. The van der Waals surface area contributed by atoms with Crippen molar-refractivity contribution in [2.24, 2.45) is 0 Å². The molecule has 2 heterocycles. The van der Waals surface area contributed by atoms with Crippen molar-refractivity contribution in [1.82, 2.24) is 20.5 Å². The van der Waals surface area contributed by atoms with Crippen LogP contribution in [0.2, 0.25) is 0 Å². The third-order valence-corrected chi connectivity index (χ3v) is 3.02. The van der Waals surface area contributed by atoms with E-state index in [1.165, 1.54) is 12.1 Å². The Balaban J connectivity index is 1.77. The van der Waals surface area contributed by atoms with Gasteiger partial charge in [0.15, 0.2) is 0 Å². The van der Waals surface area contributed by atoms with E-state index in [4.69, 9.17) is 5.11 Å². The summed E-state index contributed by atoms with van der Waals surface area (Å²) >= 11 is 0. The number of nitrogens with zero attached hydrogens (tertiary/aromatic N) is 2. The maximum atomic E-state index is 11.8. The lowest BCUT2D eigenvalue weighted by atomic mass is 10.2. The Morgan fingerprint density at radius 2 is 2.14 bits per heavy atom. The third kappa shape index (κ3) is 3.57. The molecule has 0 aromatic carbocycles. The molecule has 3 N–H and O–H groups in total. The SMILES string of the molecule is O=C(O)c1ccc(C(=O)NCCCN2C(=O)CNC2=O)nc1. The van der Waals surface area contributed by atoms with Gasteiger partial charge in [0.05, 0.1) is 12.1 Å². The molecule has 0 saturated carbocycles. The number of carbonyl (C=O) groups excluding carboxylic acids is 3. The van der Waals surface area contributed by atoms with Crippen LogP contribution in [0.15, 0.2) is 18.3 Å². The summed E-state index contributed by atoms with van der Waals surface area (Å²) < 4.78 is 0. The maximum absolute atomic E-state index is 11.8. The number of imide groups is 1. The normalized spacial score (nSPS) is 13.9. The highest BCUT2D eigenvalue weighted by atomic mass is 16.4. The van der Waals surface area contributed by atoms with Gasteiger partial charge in [-0.05, 0) is 18.6 Å². The first kappa shape index (κ1) is 15.4. The van der Waals surface area contributed by atoms with Gasteiger partial charge in [0.2, 0.25) is 5.91 Å². The first-order valence-electron chi connectivity index (χ1n) is 6.55. The van der Waals surface area contributed by atoms with E-state index in [9.17, 15) is 19.2 Å². The molecule has 1 saturated heterocycles. The van der Waals surface area contributed by atoms with Crippen LogP contribution in [0.1, 0.15) is 27.3 Å². The summed E-state index contributed by atoms with van der Waals surface area (Å²) in [4.78, 5) is 49.9. The van der Waals surface area contributed by atoms with Crippen molar-refractivity contribution in [2.45, 2.75) is 6.42 Å². The van der Waals surface area contributed by atoms with Gasteiger partial charge in [-0.25, -0.2) is 9.59 Å². The Morgan fingerprint density at radius 3 is 2.68 bits per heavy atom. The van der Waals surface area contributed by atoms with Crippen molar-refractivity contribution in [3.63, 3.8) is 0 Å². The van der Waals surface area contributed by atoms with E-state index in [1.807, 2.05) is 0 Å². The van der Waals surface area contributed by atoms with Crippen LogP contribution in [0.25, 0.3) is 0 Å². The fourth-order valence-electron chi connectivity index (χ4n) is 1.87. The zero-order valence-corrected chi connectivity index (χ0v) is 11.5. The molecule has 0 spiro atoms. The number of rotatable bonds is 6. The highest BCUT2D eigenvalue weighted by Gasteiger charge is 2.27. The van der Waals surface area contributed by atoms with Gasteiger partial charge in [-0.1, -0.05) is 0 Å². The predicted octanol–water partition coefficient (Wildman–Crippen LogP) is -0.548. The summed E-state index contributed by atoms with van der Waals surface area (Å²) in [5, 5.41) is 13.7. The molecule has 4 amide bonds. The second kappa shape index (κ2) is 6.66. The molecule has 9 nitrogen and oxygen atoms in total.